The van der Waals surface area contributed by atoms with Gasteiger partial charge in [-0.25, -0.2) is 0 Å². The zero-order chi connectivity index (χ0) is 12.8. The van der Waals surface area contributed by atoms with Crippen molar-refractivity contribution < 1.29 is 14.7 Å². The fourth-order valence-corrected chi connectivity index (χ4v) is 2.41. The summed E-state index contributed by atoms with van der Waals surface area (Å²) in [5.41, 5.74) is 0. The number of nitrogens with zero attached hydrogens (tertiary/aromatic N) is 1. The van der Waals surface area contributed by atoms with E-state index in [2.05, 4.69) is 0 Å². The van der Waals surface area contributed by atoms with Crippen LogP contribution in [-0.4, -0.2) is 35.0 Å². The quantitative estimate of drug-likeness (QED) is 0.847. The summed E-state index contributed by atoms with van der Waals surface area (Å²) in [7, 11) is 0. The molecule has 4 nitrogen and oxygen atoms in total. The number of amides is 1. The smallest absolute Gasteiger partial charge is 0.323 e. The van der Waals surface area contributed by atoms with E-state index in [9.17, 15) is 9.59 Å². The van der Waals surface area contributed by atoms with Crippen molar-refractivity contribution in [3.63, 3.8) is 0 Å². The van der Waals surface area contributed by atoms with E-state index in [0.29, 0.717) is 6.54 Å². The average molecular weight is 255 g/mol. The summed E-state index contributed by atoms with van der Waals surface area (Å²) in [5.74, 6) is -1.34. The molecule has 1 atom stereocenters. The number of hydrogen-bond donors (Lipinski definition) is 1. The van der Waals surface area contributed by atoms with Crippen LogP contribution in [-0.2, 0) is 9.59 Å². The second-order valence-electron chi connectivity index (χ2n) is 3.89. The Kier molecular flexibility index (Phi) is 5.15. The molecule has 94 valence electrons. The molecule has 0 aliphatic rings. The SMILES string of the molecule is CCCN(CC(=O)O)C(=O)[C@@H](C)c1cccs1. The highest BCUT2D eigenvalue weighted by Crippen LogP contribution is 2.22. The largest absolute Gasteiger partial charge is 0.480 e. The van der Waals surface area contributed by atoms with Gasteiger partial charge in [-0.2, -0.15) is 0 Å². The minimum absolute atomic E-state index is 0.114. The minimum Gasteiger partial charge on any atom is -0.480 e. The van der Waals surface area contributed by atoms with Crippen LogP contribution in [0.2, 0.25) is 0 Å². The van der Waals surface area contributed by atoms with Gasteiger partial charge in [0.25, 0.3) is 0 Å². The maximum Gasteiger partial charge on any atom is 0.323 e. The van der Waals surface area contributed by atoms with Crippen LogP contribution in [0.4, 0.5) is 0 Å². The van der Waals surface area contributed by atoms with Crippen molar-refractivity contribution in [1.29, 1.82) is 0 Å². The molecule has 0 saturated carbocycles. The van der Waals surface area contributed by atoms with Gasteiger partial charge in [-0.3, -0.25) is 9.59 Å². The second kappa shape index (κ2) is 6.39. The van der Waals surface area contributed by atoms with Crippen LogP contribution in [0.3, 0.4) is 0 Å². The summed E-state index contributed by atoms with van der Waals surface area (Å²) < 4.78 is 0. The van der Waals surface area contributed by atoms with Gasteiger partial charge in [-0.1, -0.05) is 13.0 Å². The van der Waals surface area contributed by atoms with Gasteiger partial charge in [0.05, 0.1) is 5.92 Å². The fraction of sp³-hybridized carbons (Fsp3) is 0.500. The van der Waals surface area contributed by atoms with Gasteiger partial charge < -0.3 is 10.0 Å². The topological polar surface area (TPSA) is 57.6 Å². The molecular formula is C12H17NO3S. The van der Waals surface area contributed by atoms with Gasteiger partial charge in [0.15, 0.2) is 0 Å². The molecular weight excluding hydrogens is 238 g/mol. The van der Waals surface area contributed by atoms with Crippen LogP contribution in [0.1, 0.15) is 31.1 Å². The maximum atomic E-state index is 12.1. The molecule has 0 unspecified atom stereocenters. The van der Waals surface area contributed by atoms with Crippen LogP contribution < -0.4 is 0 Å². The molecule has 0 saturated heterocycles. The number of carbonyl (C=O) groups is 2. The number of carbonyl (C=O) groups excluding carboxylic acids is 1. The normalized spacial score (nSPS) is 12.1. The average Bonchev–Trinajstić information content (AvgIpc) is 2.79. The second-order valence-corrected chi connectivity index (χ2v) is 4.87. The Bertz CT molecular complexity index is 375. The highest BCUT2D eigenvalue weighted by Gasteiger charge is 2.23. The molecule has 0 aliphatic heterocycles. The Balaban J connectivity index is 2.73. The summed E-state index contributed by atoms with van der Waals surface area (Å²) in [6, 6.07) is 3.79. The van der Waals surface area contributed by atoms with E-state index in [1.54, 1.807) is 0 Å². The van der Waals surface area contributed by atoms with Crippen molar-refractivity contribution in [2.75, 3.05) is 13.1 Å². The van der Waals surface area contributed by atoms with E-state index in [1.165, 1.54) is 16.2 Å². The lowest BCUT2D eigenvalue weighted by Crippen LogP contribution is -2.38. The Morgan fingerprint density at radius 3 is 2.71 bits per heavy atom. The molecule has 17 heavy (non-hydrogen) atoms. The molecule has 0 bridgehead atoms. The maximum absolute atomic E-state index is 12.1. The first-order valence-electron chi connectivity index (χ1n) is 5.60. The van der Waals surface area contributed by atoms with E-state index in [-0.39, 0.29) is 18.4 Å². The molecule has 0 aromatic carbocycles. The fourth-order valence-electron chi connectivity index (χ4n) is 1.63. The summed E-state index contributed by atoms with van der Waals surface area (Å²) in [4.78, 5) is 25.2. The van der Waals surface area contributed by atoms with Crippen LogP contribution >= 0.6 is 11.3 Å². The lowest BCUT2D eigenvalue weighted by Gasteiger charge is -2.23. The molecule has 1 heterocycles. The summed E-state index contributed by atoms with van der Waals surface area (Å²) in [6.45, 7) is 4.01. The van der Waals surface area contributed by atoms with Gasteiger partial charge in [-0.05, 0) is 24.8 Å². The third-order valence-electron chi connectivity index (χ3n) is 2.47. The van der Waals surface area contributed by atoms with Gasteiger partial charge in [0, 0.05) is 11.4 Å². The lowest BCUT2D eigenvalue weighted by atomic mass is 10.1. The van der Waals surface area contributed by atoms with Gasteiger partial charge >= 0.3 is 5.97 Å². The third-order valence-corrected chi connectivity index (χ3v) is 3.53. The molecule has 1 N–H and O–H groups in total. The van der Waals surface area contributed by atoms with Crippen LogP contribution in [0, 0.1) is 0 Å². The number of thiophene rings is 1. The number of rotatable bonds is 6. The highest BCUT2D eigenvalue weighted by molar-refractivity contribution is 7.10. The molecule has 0 fully saturated rings. The summed E-state index contributed by atoms with van der Waals surface area (Å²) in [5, 5.41) is 10.7. The summed E-state index contributed by atoms with van der Waals surface area (Å²) in [6.07, 6.45) is 0.760. The molecule has 0 radical (unpaired) electrons. The number of carboxylic acid groups (broad SMARTS) is 1. The van der Waals surface area contributed by atoms with E-state index in [4.69, 9.17) is 5.11 Å². The van der Waals surface area contributed by atoms with E-state index in [1.807, 2.05) is 31.4 Å². The Morgan fingerprint density at radius 2 is 2.24 bits per heavy atom. The van der Waals surface area contributed by atoms with Crippen LogP contribution in [0.25, 0.3) is 0 Å². The van der Waals surface area contributed by atoms with E-state index >= 15 is 0 Å². The van der Waals surface area contributed by atoms with Gasteiger partial charge in [-0.15, -0.1) is 11.3 Å². The first-order chi connectivity index (χ1) is 8.06. The molecule has 5 heteroatoms. The predicted molar refractivity (Wildman–Crippen MR) is 67.2 cm³/mol. The van der Waals surface area contributed by atoms with E-state index in [0.717, 1.165) is 11.3 Å². The molecule has 1 amide bonds. The van der Waals surface area contributed by atoms with Crippen LogP contribution in [0.15, 0.2) is 17.5 Å². The number of hydrogen-bond acceptors (Lipinski definition) is 3. The molecule has 1 aromatic heterocycles. The Hall–Kier alpha value is -1.36. The standard InChI is InChI=1S/C12H17NO3S/c1-3-6-13(8-11(14)15)12(16)9(2)10-5-4-7-17-10/h4-5,7,9H,3,6,8H2,1-2H3,(H,14,15)/t9-/m0/s1. The number of aliphatic carboxylic acids is 1. The lowest BCUT2D eigenvalue weighted by molar-refractivity contribution is -0.144. The highest BCUT2D eigenvalue weighted by atomic mass is 32.1. The van der Waals surface area contributed by atoms with Crippen molar-refractivity contribution in [2.45, 2.75) is 26.2 Å². The monoisotopic (exact) mass is 255 g/mol. The molecule has 0 spiro atoms. The first-order valence-corrected chi connectivity index (χ1v) is 6.48. The summed E-state index contributed by atoms with van der Waals surface area (Å²) >= 11 is 1.52. The van der Waals surface area contributed by atoms with Gasteiger partial charge in [0.2, 0.25) is 5.91 Å². The molecule has 1 aromatic rings. The zero-order valence-corrected chi connectivity index (χ0v) is 10.9. The van der Waals surface area contributed by atoms with Crippen molar-refractivity contribution in [2.24, 2.45) is 0 Å². The van der Waals surface area contributed by atoms with Crippen LogP contribution in [0.5, 0.6) is 0 Å². The predicted octanol–water partition coefficient (Wildman–Crippen LogP) is 2.17. The molecule has 1 rings (SSSR count). The Labute approximate surface area is 105 Å². The van der Waals surface area contributed by atoms with Crippen molar-refractivity contribution in [1.82, 2.24) is 4.90 Å². The van der Waals surface area contributed by atoms with E-state index < -0.39 is 5.97 Å². The zero-order valence-electron chi connectivity index (χ0n) is 10.0. The molecule has 0 aliphatic carbocycles. The van der Waals surface area contributed by atoms with Crippen molar-refractivity contribution in [3.05, 3.63) is 22.4 Å². The minimum atomic E-state index is -0.967. The third kappa shape index (κ3) is 3.85. The number of carboxylic acids is 1. The van der Waals surface area contributed by atoms with Crippen molar-refractivity contribution in [3.8, 4) is 0 Å². The van der Waals surface area contributed by atoms with Crippen molar-refractivity contribution >= 4 is 23.2 Å². The Morgan fingerprint density at radius 1 is 1.53 bits per heavy atom. The first kappa shape index (κ1) is 13.7. The van der Waals surface area contributed by atoms with Gasteiger partial charge in [0.1, 0.15) is 6.54 Å².